The Bertz CT molecular complexity index is 607. The van der Waals surface area contributed by atoms with Crippen LogP contribution in [0.5, 0.6) is 5.75 Å². The van der Waals surface area contributed by atoms with Crippen molar-refractivity contribution in [2.45, 2.75) is 0 Å². The van der Waals surface area contributed by atoms with Crippen LogP contribution in [0, 0.1) is 0 Å². The van der Waals surface area contributed by atoms with Gasteiger partial charge in [0.05, 0.1) is 22.0 Å². The van der Waals surface area contributed by atoms with E-state index >= 15 is 0 Å². The Balaban J connectivity index is 2.49. The average molecular weight is 455 g/mol. The molecule has 6 heteroatoms. The molecule has 1 aromatic heterocycles. The maximum Gasteiger partial charge on any atom is 0.207 e. The standard InChI is InChI=1S/C12H7Br3O2S/c1-17-9-4-6(13)2-3-7(9)11(16)12-10(15)8(14)5-18-12/h2-5H,1H3. The van der Waals surface area contributed by atoms with Gasteiger partial charge in [0.1, 0.15) is 5.75 Å². The van der Waals surface area contributed by atoms with E-state index in [1.54, 1.807) is 19.2 Å². The molecule has 2 nitrogen and oxygen atoms in total. The summed E-state index contributed by atoms with van der Waals surface area (Å²) in [7, 11) is 1.55. The maximum atomic E-state index is 12.4. The van der Waals surface area contributed by atoms with Crippen molar-refractivity contribution in [3.05, 3.63) is 47.4 Å². The number of halogens is 3. The predicted octanol–water partition coefficient (Wildman–Crippen LogP) is 5.28. The van der Waals surface area contributed by atoms with Crippen LogP contribution < -0.4 is 4.74 Å². The summed E-state index contributed by atoms with van der Waals surface area (Å²) in [6.07, 6.45) is 0. The van der Waals surface area contributed by atoms with E-state index in [-0.39, 0.29) is 5.78 Å². The summed E-state index contributed by atoms with van der Waals surface area (Å²) in [5.41, 5.74) is 0.552. The molecule has 18 heavy (non-hydrogen) atoms. The normalized spacial score (nSPS) is 10.4. The van der Waals surface area contributed by atoms with E-state index in [2.05, 4.69) is 47.8 Å². The molecule has 94 valence electrons. The Hall–Kier alpha value is -0.170. The van der Waals surface area contributed by atoms with Crippen molar-refractivity contribution in [1.29, 1.82) is 0 Å². The summed E-state index contributed by atoms with van der Waals surface area (Å²) in [5.74, 6) is 0.507. The fraction of sp³-hybridized carbons (Fsp3) is 0.0833. The average Bonchev–Trinajstić information content (AvgIpc) is 2.69. The van der Waals surface area contributed by atoms with Gasteiger partial charge in [-0.15, -0.1) is 11.3 Å². The molecule has 0 aliphatic carbocycles. The number of carbonyl (C=O) groups excluding carboxylic acids is 1. The minimum absolute atomic E-state index is 0.0538. The molecule has 0 fully saturated rings. The monoisotopic (exact) mass is 452 g/mol. The molecule has 0 amide bonds. The molecule has 0 radical (unpaired) electrons. The first-order valence-electron chi connectivity index (χ1n) is 4.85. The Labute approximate surface area is 134 Å². The van der Waals surface area contributed by atoms with Crippen LogP contribution in [-0.2, 0) is 0 Å². The summed E-state index contributed by atoms with van der Waals surface area (Å²) in [4.78, 5) is 13.1. The van der Waals surface area contributed by atoms with Gasteiger partial charge in [0.15, 0.2) is 0 Å². The number of rotatable bonds is 3. The van der Waals surface area contributed by atoms with Crippen LogP contribution >= 0.6 is 59.1 Å². The Morgan fingerprint density at radius 1 is 1.28 bits per heavy atom. The third-order valence-corrected chi connectivity index (χ3v) is 6.32. The maximum absolute atomic E-state index is 12.4. The van der Waals surface area contributed by atoms with Crippen molar-refractivity contribution in [2.75, 3.05) is 7.11 Å². The number of carbonyl (C=O) groups is 1. The van der Waals surface area contributed by atoms with Crippen molar-refractivity contribution in [2.24, 2.45) is 0 Å². The van der Waals surface area contributed by atoms with E-state index in [0.29, 0.717) is 16.2 Å². The number of ketones is 1. The first kappa shape index (κ1) is 14.2. The van der Waals surface area contributed by atoms with Crippen molar-refractivity contribution >= 4 is 64.9 Å². The Morgan fingerprint density at radius 2 is 2.00 bits per heavy atom. The van der Waals surface area contributed by atoms with Crippen molar-refractivity contribution in [3.8, 4) is 5.75 Å². The highest BCUT2D eigenvalue weighted by Gasteiger charge is 2.20. The van der Waals surface area contributed by atoms with Crippen molar-refractivity contribution in [3.63, 3.8) is 0 Å². The second kappa shape index (κ2) is 5.86. The SMILES string of the molecule is COc1cc(Br)ccc1C(=O)c1scc(Br)c1Br. The van der Waals surface area contributed by atoms with Gasteiger partial charge in [-0.05, 0) is 50.1 Å². The van der Waals surface area contributed by atoms with Crippen LogP contribution in [-0.4, -0.2) is 12.9 Å². The molecule has 0 atom stereocenters. The molecular formula is C12H7Br3O2S. The smallest absolute Gasteiger partial charge is 0.207 e. The quantitative estimate of drug-likeness (QED) is 0.590. The van der Waals surface area contributed by atoms with Gasteiger partial charge >= 0.3 is 0 Å². The van der Waals surface area contributed by atoms with Gasteiger partial charge in [0.2, 0.25) is 5.78 Å². The predicted molar refractivity (Wildman–Crippen MR) is 83.8 cm³/mol. The van der Waals surface area contributed by atoms with E-state index in [1.165, 1.54) is 11.3 Å². The van der Waals surface area contributed by atoms with Gasteiger partial charge in [0.25, 0.3) is 0 Å². The van der Waals surface area contributed by atoms with Crippen LogP contribution in [0.15, 0.2) is 37.0 Å². The third kappa shape index (κ3) is 2.71. The molecule has 0 unspecified atom stereocenters. The second-order valence-electron chi connectivity index (χ2n) is 3.40. The molecule has 0 spiro atoms. The van der Waals surface area contributed by atoms with E-state index in [4.69, 9.17) is 4.74 Å². The molecule has 0 saturated heterocycles. The lowest BCUT2D eigenvalue weighted by molar-refractivity contribution is 0.103. The number of thiophene rings is 1. The lowest BCUT2D eigenvalue weighted by Crippen LogP contribution is -2.02. The van der Waals surface area contributed by atoms with Gasteiger partial charge in [-0.25, -0.2) is 0 Å². The molecule has 0 N–H and O–H groups in total. The minimum atomic E-state index is -0.0538. The zero-order valence-corrected chi connectivity index (χ0v) is 14.7. The van der Waals surface area contributed by atoms with Gasteiger partial charge < -0.3 is 4.74 Å². The largest absolute Gasteiger partial charge is 0.496 e. The third-order valence-electron chi connectivity index (χ3n) is 2.30. The molecule has 0 saturated carbocycles. The molecule has 0 bridgehead atoms. The highest BCUT2D eigenvalue weighted by atomic mass is 79.9. The summed E-state index contributed by atoms with van der Waals surface area (Å²) < 4.78 is 7.78. The summed E-state index contributed by atoms with van der Waals surface area (Å²) >= 11 is 11.5. The molecular weight excluding hydrogens is 448 g/mol. The van der Waals surface area contributed by atoms with E-state index in [1.807, 2.05) is 11.4 Å². The van der Waals surface area contributed by atoms with Gasteiger partial charge in [0, 0.05) is 14.3 Å². The van der Waals surface area contributed by atoms with Crippen LogP contribution in [0.2, 0.25) is 0 Å². The van der Waals surface area contributed by atoms with Crippen molar-refractivity contribution < 1.29 is 9.53 Å². The van der Waals surface area contributed by atoms with E-state index in [9.17, 15) is 4.79 Å². The first-order chi connectivity index (χ1) is 8.54. The topological polar surface area (TPSA) is 26.3 Å². The number of benzene rings is 1. The molecule has 2 aromatic rings. The summed E-state index contributed by atoms with van der Waals surface area (Å²) in [5, 5.41) is 1.88. The van der Waals surface area contributed by atoms with Crippen LogP contribution in [0.4, 0.5) is 0 Å². The molecule has 1 aromatic carbocycles. The summed E-state index contributed by atoms with van der Waals surface area (Å²) in [6.45, 7) is 0. The van der Waals surface area contributed by atoms with E-state index < -0.39 is 0 Å². The fourth-order valence-electron chi connectivity index (χ4n) is 1.45. The Kier molecular flexibility index (Phi) is 4.64. The fourth-order valence-corrected chi connectivity index (χ4v) is 3.90. The first-order valence-corrected chi connectivity index (χ1v) is 8.11. The summed E-state index contributed by atoms with van der Waals surface area (Å²) in [6, 6.07) is 5.36. The highest BCUT2D eigenvalue weighted by Crippen LogP contribution is 2.36. The Morgan fingerprint density at radius 3 is 2.56 bits per heavy atom. The van der Waals surface area contributed by atoms with E-state index in [0.717, 1.165) is 13.4 Å². The number of methoxy groups -OCH3 is 1. The highest BCUT2D eigenvalue weighted by molar-refractivity contribution is 9.13. The molecule has 2 rings (SSSR count). The van der Waals surface area contributed by atoms with Gasteiger partial charge in [-0.3, -0.25) is 4.79 Å². The number of hydrogen-bond donors (Lipinski definition) is 0. The zero-order chi connectivity index (χ0) is 13.3. The van der Waals surface area contributed by atoms with Crippen molar-refractivity contribution in [1.82, 2.24) is 0 Å². The van der Waals surface area contributed by atoms with Gasteiger partial charge in [-0.1, -0.05) is 15.9 Å². The van der Waals surface area contributed by atoms with Gasteiger partial charge in [-0.2, -0.15) is 0 Å². The van der Waals surface area contributed by atoms with Crippen LogP contribution in [0.3, 0.4) is 0 Å². The number of hydrogen-bond acceptors (Lipinski definition) is 3. The second-order valence-corrected chi connectivity index (χ2v) is 6.84. The lowest BCUT2D eigenvalue weighted by atomic mass is 10.1. The lowest BCUT2D eigenvalue weighted by Gasteiger charge is -2.07. The molecule has 0 aliphatic heterocycles. The number of ether oxygens (including phenoxy) is 1. The molecule has 1 heterocycles. The van der Waals surface area contributed by atoms with Crippen LogP contribution in [0.1, 0.15) is 15.2 Å². The zero-order valence-electron chi connectivity index (χ0n) is 9.17. The molecule has 0 aliphatic rings. The van der Waals surface area contributed by atoms with Crippen LogP contribution in [0.25, 0.3) is 0 Å². The minimum Gasteiger partial charge on any atom is -0.496 e.